The number of hydrogen-bond donors (Lipinski definition) is 2. The molecule has 4 nitrogen and oxygen atoms in total. The minimum Gasteiger partial charge on any atom is -0.348 e. The Hall–Kier alpha value is -2.62. The maximum atomic E-state index is 12.2. The molecule has 1 unspecified atom stereocenters. The Balaban J connectivity index is 1.92. The Bertz CT molecular complexity index is 796. The van der Waals surface area contributed by atoms with Gasteiger partial charge in [0.25, 0.3) is 5.91 Å². The van der Waals surface area contributed by atoms with Crippen molar-refractivity contribution in [1.82, 2.24) is 10.6 Å². The standard InChI is InChI=1S/C21H26N2O2/c1-13-6-7-15(3)19(10-13)17(5)23-20(24)12-22-21(25)18-9-8-14(2)16(4)11-18/h6-11,17H,12H2,1-5H3,(H,22,25)(H,23,24). The van der Waals surface area contributed by atoms with Gasteiger partial charge in [-0.15, -0.1) is 0 Å². The van der Waals surface area contributed by atoms with Crippen molar-refractivity contribution in [3.05, 3.63) is 69.8 Å². The Morgan fingerprint density at radius 1 is 0.920 bits per heavy atom. The first kappa shape index (κ1) is 18.7. The zero-order chi connectivity index (χ0) is 18.6. The molecule has 0 saturated heterocycles. The summed E-state index contributed by atoms with van der Waals surface area (Å²) in [4.78, 5) is 24.3. The van der Waals surface area contributed by atoms with Gasteiger partial charge in [0.05, 0.1) is 12.6 Å². The molecule has 0 aliphatic rings. The molecule has 2 rings (SSSR count). The largest absolute Gasteiger partial charge is 0.348 e. The van der Waals surface area contributed by atoms with Crippen molar-refractivity contribution in [2.75, 3.05) is 6.54 Å². The molecule has 2 amide bonds. The second kappa shape index (κ2) is 7.97. The van der Waals surface area contributed by atoms with Crippen molar-refractivity contribution in [2.24, 2.45) is 0 Å². The third kappa shape index (κ3) is 4.92. The SMILES string of the molecule is Cc1ccc(C)c(C(C)NC(=O)CNC(=O)c2ccc(C)c(C)c2)c1. The van der Waals surface area contributed by atoms with Crippen LogP contribution in [-0.2, 0) is 4.79 Å². The fourth-order valence-corrected chi connectivity index (χ4v) is 2.74. The summed E-state index contributed by atoms with van der Waals surface area (Å²) in [7, 11) is 0. The summed E-state index contributed by atoms with van der Waals surface area (Å²) in [6, 6.07) is 11.6. The topological polar surface area (TPSA) is 58.2 Å². The third-order valence-electron chi connectivity index (χ3n) is 4.46. The molecule has 0 saturated carbocycles. The van der Waals surface area contributed by atoms with E-state index in [2.05, 4.69) is 28.8 Å². The van der Waals surface area contributed by atoms with Crippen LogP contribution in [0.5, 0.6) is 0 Å². The van der Waals surface area contributed by atoms with Gasteiger partial charge in [0.2, 0.25) is 5.91 Å². The maximum Gasteiger partial charge on any atom is 0.251 e. The van der Waals surface area contributed by atoms with Crippen LogP contribution in [0.3, 0.4) is 0 Å². The van der Waals surface area contributed by atoms with Crippen molar-refractivity contribution in [3.63, 3.8) is 0 Å². The van der Waals surface area contributed by atoms with Crippen molar-refractivity contribution >= 4 is 11.8 Å². The molecule has 0 aliphatic heterocycles. The Kier molecular flexibility index (Phi) is 5.97. The van der Waals surface area contributed by atoms with Crippen LogP contribution < -0.4 is 10.6 Å². The van der Waals surface area contributed by atoms with E-state index in [1.165, 1.54) is 0 Å². The van der Waals surface area contributed by atoms with Crippen LogP contribution in [0.15, 0.2) is 36.4 Å². The Morgan fingerprint density at radius 3 is 2.28 bits per heavy atom. The summed E-state index contributed by atoms with van der Waals surface area (Å²) in [5.41, 5.74) is 6.15. The maximum absolute atomic E-state index is 12.2. The van der Waals surface area contributed by atoms with Gasteiger partial charge in [-0.25, -0.2) is 0 Å². The summed E-state index contributed by atoms with van der Waals surface area (Å²) in [6.07, 6.45) is 0. The lowest BCUT2D eigenvalue weighted by atomic mass is 10.00. The van der Waals surface area contributed by atoms with E-state index in [4.69, 9.17) is 0 Å². The van der Waals surface area contributed by atoms with E-state index in [0.29, 0.717) is 5.56 Å². The highest BCUT2D eigenvalue weighted by molar-refractivity contribution is 5.96. The molecule has 132 valence electrons. The van der Waals surface area contributed by atoms with E-state index < -0.39 is 0 Å². The lowest BCUT2D eigenvalue weighted by Crippen LogP contribution is -2.38. The first-order valence-electron chi connectivity index (χ1n) is 8.50. The number of carbonyl (C=O) groups is 2. The number of rotatable bonds is 5. The predicted octanol–water partition coefficient (Wildman–Crippen LogP) is 3.53. The molecule has 0 bridgehead atoms. The quantitative estimate of drug-likeness (QED) is 0.876. The van der Waals surface area contributed by atoms with Crippen molar-refractivity contribution < 1.29 is 9.59 Å². The third-order valence-corrected chi connectivity index (χ3v) is 4.46. The minimum atomic E-state index is -0.238. The normalized spacial score (nSPS) is 11.7. The Morgan fingerprint density at radius 2 is 1.60 bits per heavy atom. The first-order valence-corrected chi connectivity index (χ1v) is 8.50. The van der Waals surface area contributed by atoms with Crippen molar-refractivity contribution in [2.45, 2.75) is 40.7 Å². The predicted molar refractivity (Wildman–Crippen MR) is 101 cm³/mol. The van der Waals surface area contributed by atoms with Crippen LogP contribution in [0.2, 0.25) is 0 Å². The number of carbonyl (C=O) groups excluding carboxylic acids is 2. The molecule has 0 heterocycles. The smallest absolute Gasteiger partial charge is 0.251 e. The average molecular weight is 338 g/mol. The van der Waals surface area contributed by atoms with E-state index >= 15 is 0 Å². The fourth-order valence-electron chi connectivity index (χ4n) is 2.74. The fraction of sp³-hybridized carbons (Fsp3) is 0.333. The van der Waals surface area contributed by atoms with Gasteiger partial charge in [0.1, 0.15) is 0 Å². The number of amides is 2. The second-order valence-corrected chi connectivity index (χ2v) is 6.63. The molecular formula is C21H26N2O2. The molecule has 0 aliphatic carbocycles. The van der Waals surface area contributed by atoms with E-state index in [-0.39, 0.29) is 24.4 Å². The number of aryl methyl sites for hydroxylation is 4. The van der Waals surface area contributed by atoms with E-state index in [1.54, 1.807) is 6.07 Å². The highest BCUT2D eigenvalue weighted by Gasteiger charge is 2.13. The van der Waals surface area contributed by atoms with E-state index in [0.717, 1.165) is 27.8 Å². The lowest BCUT2D eigenvalue weighted by molar-refractivity contribution is -0.120. The second-order valence-electron chi connectivity index (χ2n) is 6.63. The van der Waals surface area contributed by atoms with Gasteiger partial charge in [0, 0.05) is 5.56 Å². The minimum absolute atomic E-state index is 0.0407. The molecule has 2 aromatic rings. The number of nitrogens with one attached hydrogen (secondary N) is 2. The molecule has 0 radical (unpaired) electrons. The van der Waals surface area contributed by atoms with Crippen molar-refractivity contribution in [1.29, 1.82) is 0 Å². The van der Waals surface area contributed by atoms with E-state index in [1.807, 2.05) is 46.8 Å². The van der Waals surface area contributed by atoms with Gasteiger partial charge in [-0.2, -0.15) is 0 Å². The van der Waals surface area contributed by atoms with Gasteiger partial charge in [-0.05, 0) is 69.0 Å². The summed E-state index contributed by atoms with van der Waals surface area (Å²) in [6.45, 7) is 9.93. The van der Waals surface area contributed by atoms with Crippen molar-refractivity contribution in [3.8, 4) is 0 Å². The van der Waals surface area contributed by atoms with Gasteiger partial charge in [-0.3, -0.25) is 9.59 Å². The van der Waals surface area contributed by atoms with Crippen LogP contribution in [0.1, 0.15) is 51.1 Å². The van der Waals surface area contributed by atoms with Gasteiger partial charge < -0.3 is 10.6 Å². The van der Waals surface area contributed by atoms with E-state index in [9.17, 15) is 9.59 Å². The molecule has 4 heteroatoms. The van der Waals surface area contributed by atoms with Crippen LogP contribution in [0.4, 0.5) is 0 Å². The summed E-state index contributed by atoms with van der Waals surface area (Å²) in [5, 5.41) is 5.62. The monoisotopic (exact) mass is 338 g/mol. The summed E-state index contributed by atoms with van der Waals surface area (Å²) in [5.74, 6) is -0.441. The molecular weight excluding hydrogens is 312 g/mol. The highest BCUT2D eigenvalue weighted by Crippen LogP contribution is 2.18. The van der Waals surface area contributed by atoms with Gasteiger partial charge >= 0.3 is 0 Å². The molecule has 1 atom stereocenters. The molecule has 0 aromatic heterocycles. The molecule has 0 fully saturated rings. The van der Waals surface area contributed by atoms with Crippen LogP contribution >= 0.6 is 0 Å². The summed E-state index contributed by atoms with van der Waals surface area (Å²) >= 11 is 0. The molecule has 2 aromatic carbocycles. The first-order chi connectivity index (χ1) is 11.8. The number of hydrogen-bond acceptors (Lipinski definition) is 2. The average Bonchev–Trinajstić information content (AvgIpc) is 2.57. The zero-order valence-corrected chi connectivity index (χ0v) is 15.6. The van der Waals surface area contributed by atoms with Gasteiger partial charge in [-0.1, -0.05) is 29.8 Å². The molecule has 2 N–H and O–H groups in total. The molecule has 25 heavy (non-hydrogen) atoms. The van der Waals surface area contributed by atoms with Gasteiger partial charge in [0.15, 0.2) is 0 Å². The van der Waals surface area contributed by atoms with Crippen LogP contribution in [0, 0.1) is 27.7 Å². The lowest BCUT2D eigenvalue weighted by Gasteiger charge is -2.17. The molecule has 0 spiro atoms. The Labute approximate surface area is 149 Å². The van der Waals surface area contributed by atoms with Crippen LogP contribution in [0.25, 0.3) is 0 Å². The zero-order valence-electron chi connectivity index (χ0n) is 15.6. The highest BCUT2D eigenvalue weighted by atomic mass is 16.2. The van der Waals surface area contributed by atoms with Crippen LogP contribution in [-0.4, -0.2) is 18.4 Å². The summed E-state index contributed by atoms with van der Waals surface area (Å²) < 4.78 is 0. The number of benzene rings is 2.